The van der Waals surface area contributed by atoms with Crippen LogP contribution in [0.2, 0.25) is 0 Å². The molecular weight excluding hydrogens is 652 g/mol. The molecular formula is C37H54N8O6. The number of unbranched alkanes of at least 4 members (excludes halogenated alkanes) is 5. The number of pyridine rings is 1. The van der Waals surface area contributed by atoms with Crippen molar-refractivity contribution in [1.29, 1.82) is 0 Å². The second kappa shape index (κ2) is 20.7. The quantitative estimate of drug-likeness (QED) is 0.0847. The van der Waals surface area contributed by atoms with Crippen molar-refractivity contribution in [3.63, 3.8) is 0 Å². The highest BCUT2D eigenvalue weighted by Gasteiger charge is 2.45. The molecule has 3 atom stereocenters. The van der Waals surface area contributed by atoms with E-state index >= 15 is 0 Å². The SMILES string of the molecule is CC(C)CCCCCCC/C=C/C=C/C(=O)N/C=C/C(=O)NCC1NC(=O)C(Cc2ccccn2)NC(=O)CN2C(=O)C(CNC1=O)NC2(C)C. The summed E-state index contributed by atoms with van der Waals surface area (Å²) >= 11 is 0. The highest BCUT2D eigenvalue weighted by Crippen LogP contribution is 2.21. The molecule has 2 saturated heterocycles. The van der Waals surface area contributed by atoms with Gasteiger partial charge in [0.1, 0.15) is 24.7 Å². The average molecular weight is 707 g/mol. The number of nitrogens with zero attached hydrogens (tertiary/aromatic N) is 2. The van der Waals surface area contributed by atoms with Crippen molar-refractivity contribution in [3.05, 3.63) is 66.7 Å². The predicted molar refractivity (Wildman–Crippen MR) is 193 cm³/mol. The summed E-state index contributed by atoms with van der Waals surface area (Å²) in [6, 6.07) is 1.96. The van der Waals surface area contributed by atoms with Crippen LogP contribution in [-0.4, -0.2) is 88.7 Å². The summed E-state index contributed by atoms with van der Waals surface area (Å²) in [7, 11) is 0. The normalized spacial score (nSPS) is 21.3. The number of allylic oxidation sites excluding steroid dienone is 3. The van der Waals surface area contributed by atoms with Gasteiger partial charge in [-0.15, -0.1) is 0 Å². The number of hydrogen-bond acceptors (Lipinski definition) is 8. The van der Waals surface area contributed by atoms with Crippen LogP contribution in [-0.2, 0) is 35.2 Å². The molecule has 3 unspecified atom stereocenters. The summed E-state index contributed by atoms with van der Waals surface area (Å²) in [5, 5.41) is 16.1. The van der Waals surface area contributed by atoms with Crippen LogP contribution < -0.4 is 31.9 Å². The number of hydrogen-bond donors (Lipinski definition) is 6. The van der Waals surface area contributed by atoms with E-state index in [1.165, 1.54) is 49.3 Å². The smallest absolute Gasteiger partial charge is 0.247 e. The van der Waals surface area contributed by atoms with Crippen molar-refractivity contribution in [2.75, 3.05) is 19.6 Å². The lowest BCUT2D eigenvalue weighted by molar-refractivity contribution is -0.137. The van der Waals surface area contributed by atoms with Gasteiger partial charge >= 0.3 is 0 Å². The lowest BCUT2D eigenvalue weighted by Crippen LogP contribution is -2.59. The van der Waals surface area contributed by atoms with Crippen molar-refractivity contribution < 1.29 is 28.8 Å². The van der Waals surface area contributed by atoms with E-state index in [0.717, 1.165) is 24.8 Å². The number of rotatable bonds is 16. The maximum Gasteiger partial charge on any atom is 0.247 e. The molecule has 2 bridgehead atoms. The van der Waals surface area contributed by atoms with Gasteiger partial charge in [0.05, 0.1) is 5.66 Å². The second-order valence-corrected chi connectivity index (χ2v) is 13.7. The first-order valence-electron chi connectivity index (χ1n) is 17.8. The van der Waals surface area contributed by atoms with Gasteiger partial charge < -0.3 is 31.5 Å². The van der Waals surface area contributed by atoms with Gasteiger partial charge in [0, 0.05) is 49.8 Å². The Morgan fingerprint density at radius 3 is 2.47 bits per heavy atom. The maximum atomic E-state index is 13.5. The van der Waals surface area contributed by atoms with Gasteiger partial charge in [-0.3, -0.25) is 39.1 Å². The molecule has 14 heteroatoms. The van der Waals surface area contributed by atoms with Crippen molar-refractivity contribution in [2.45, 2.75) is 103 Å². The number of aromatic nitrogens is 1. The molecule has 6 N–H and O–H groups in total. The third kappa shape index (κ3) is 14.5. The summed E-state index contributed by atoms with van der Waals surface area (Å²) in [6.07, 6.45) is 19.0. The number of carbonyl (C=O) groups is 6. The fourth-order valence-electron chi connectivity index (χ4n) is 5.74. The highest BCUT2D eigenvalue weighted by atomic mass is 16.2. The number of amides is 6. The summed E-state index contributed by atoms with van der Waals surface area (Å²) < 4.78 is 0. The topological polar surface area (TPSA) is 191 Å². The first-order valence-corrected chi connectivity index (χ1v) is 17.8. The first kappa shape index (κ1) is 40.6. The summed E-state index contributed by atoms with van der Waals surface area (Å²) in [5.74, 6) is -2.55. The molecule has 6 amide bonds. The van der Waals surface area contributed by atoms with Gasteiger partial charge in [0.2, 0.25) is 35.4 Å². The number of carbonyl (C=O) groups excluding carboxylic acids is 6. The molecule has 51 heavy (non-hydrogen) atoms. The van der Waals surface area contributed by atoms with E-state index in [0.29, 0.717) is 5.69 Å². The Hall–Kier alpha value is -4.85. The molecule has 3 heterocycles. The minimum absolute atomic E-state index is 0.0165. The fourth-order valence-corrected chi connectivity index (χ4v) is 5.74. The summed E-state index contributed by atoms with van der Waals surface area (Å²) in [5.41, 5.74) is -0.368. The van der Waals surface area contributed by atoms with Crippen molar-refractivity contribution >= 4 is 35.4 Å². The van der Waals surface area contributed by atoms with Crippen LogP contribution in [0.4, 0.5) is 0 Å². The molecule has 278 valence electrons. The molecule has 0 aliphatic carbocycles. The average Bonchev–Trinajstić information content (AvgIpc) is 3.30. The summed E-state index contributed by atoms with van der Waals surface area (Å²) in [6.45, 7) is 7.26. The Balaban J connectivity index is 1.54. The van der Waals surface area contributed by atoms with E-state index in [1.807, 2.05) is 12.2 Å². The van der Waals surface area contributed by atoms with Gasteiger partial charge in [0.25, 0.3) is 0 Å². The monoisotopic (exact) mass is 706 g/mol. The predicted octanol–water partition coefficient (Wildman–Crippen LogP) is 1.51. The van der Waals surface area contributed by atoms with E-state index < -0.39 is 53.3 Å². The van der Waals surface area contributed by atoms with E-state index in [-0.39, 0.29) is 32.0 Å². The third-order valence-electron chi connectivity index (χ3n) is 8.56. The Bertz CT molecular complexity index is 1440. The first-order chi connectivity index (χ1) is 24.4. The molecule has 2 fully saturated rings. The Morgan fingerprint density at radius 1 is 0.961 bits per heavy atom. The zero-order chi connectivity index (χ0) is 37.2. The molecule has 2 aliphatic heterocycles. The molecule has 0 radical (unpaired) electrons. The van der Waals surface area contributed by atoms with Gasteiger partial charge in [-0.05, 0) is 44.7 Å². The van der Waals surface area contributed by atoms with Crippen LogP contribution in [0, 0.1) is 5.92 Å². The Kier molecular flexibility index (Phi) is 16.5. The van der Waals surface area contributed by atoms with E-state index in [2.05, 4.69) is 50.7 Å². The van der Waals surface area contributed by atoms with Gasteiger partial charge in [-0.1, -0.05) is 70.2 Å². The molecule has 0 saturated carbocycles. The largest absolute Gasteiger partial charge is 0.352 e. The van der Waals surface area contributed by atoms with Crippen LogP contribution in [0.25, 0.3) is 0 Å². The molecule has 0 aromatic carbocycles. The molecule has 2 aliphatic rings. The summed E-state index contributed by atoms with van der Waals surface area (Å²) in [4.78, 5) is 83.3. The zero-order valence-electron chi connectivity index (χ0n) is 30.2. The van der Waals surface area contributed by atoms with Crippen molar-refractivity contribution in [2.24, 2.45) is 5.92 Å². The van der Waals surface area contributed by atoms with Gasteiger partial charge in [0.15, 0.2) is 0 Å². The maximum absolute atomic E-state index is 13.5. The lowest BCUT2D eigenvalue weighted by atomic mass is 10.0. The lowest BCUT2D eigenvalue weighted by Gasteiger charge is -2.31. The number of fused-ring (bicyclic) bond motifs is 2. The van der Waals surface area contributed by atoms with Crippen LogP contribution in [0.3, 0.4) is 0 Å². The molecule has 1 aromatic rings. The molecule has 1 aromatic heterocycles. The van der Waals surface area contributed by atoms with Crippen LogP contribution in [0.1, 0.15) is 78.3 Å². The van der Waals surface area contributed by atoms with Crippen molar-refractivity contribution in [1.82, 2.24) is 41.8 Å². The van der Waals surface area contributed by atoms with Gasteiger partial charge in [-0.25, -0.2) is 0 Å². The van der Waals surface area contributed by atoms with E-state index in [4.69, 9.17) is 0 Å². The molecule has 3 rings (SSSR count). The second-order valence-electron chi connectivity index (χ2n) is 13.7. The molecule has 0 spiro atoms. The third-order valence-corrected chi connectivity index (χ3v) is 8.56. The van der Waals surface area contributed by atoms with Gasteiger partial charge in [-0.2, -0.15) is 0 Å². The van der Waals surface area contributed by atoms with Crippen LogP contribution in [0.5, 0.6) is 0 Å². The Morgan fingerprint density at radius 2 is 1.73 bits per heavy atom. The fraction of sp³-hybridized carbons (Fsp3) is 0.541. The van der Waals surface area contributed by atoms with E-state index in [1.54, 1.807) is 44.3 Å². The Labute approximate surface area is 300 Å². The minimum atomic E-state index is -1.26. The zero-order valence-corrected chi connectivity index (χ0v) is 30.2. The van der Waals surface area contributed by atoms with Crippen LogP contribution in [0.15, 0.2) is 61.0 Å². The van der Waals surface area contributed by atoms with Crippen LogP contribution >= 0.6 is 0 Å². The van der Waals surface area contributed by atoms with Crippen molar-refractivity contribution in [3.8, 4) is 0 Å². The standard InChI is InChI=1S/C37H54N8O6/c1-26(2)16-12-10-8-6-5-7-9-11-13-18-31(46)39-21-19-32(47)40-23-29-34(49)41-24-30-36(51)45(37(3,4)44-30)25-33(48)42-28(35(50)43-29)22-27-17-14-15-20-38-27/h9,11,13-15,17-21,26,28-30,44H,5-8,10,12,16,22-25H2,1-4H3,(H,39,46)(H,40,47)(H,41,49)(H,42,48)(H,43,50)/b11-9+,18-13+,21-19+. The molecule has 14 nitrogen and oxygen atoms in total. The highest BCUT2D eigenvalue weighted by molar-refractivity contribution is 5.96. The minimum Gasteiger partial charge on any atom is -0.352 e. The number of nitrogens with one attached hydrogen (secondary N) is 6. The van der Waals surface area contributed by atoms with E-state index in [9.17, 15) is 28.8 Å².